The molecule has 0 saturated carbocycles. The summed E-state index contributed by atoms with van der Waals surface area (Å²) in [5.41, 5.74) is 1.54. The fourth-order valence-corrected chi connectivity index (χ4v) is 4.28. The standard InChI is InChI=1S/C20H17N3O3S/c1-2-26-17-10-11-18(15-8-5-13-22-20(15)17)27(24,25)23-16-9-3-6-14-7-4-12-21-19(14)16/h3-13,23H,2H2,1H3. The number of fused-ring (bicyclic) bond motifs is 2. The van der Waals surface area contributed by atoms with Gasteiger partial charge >= 0.3 is 0 Å². The fraction of sp³-hybridized carbons (Fsp3) is 0.100. The van der Waals surface area contributed by atoms with Crippen molar-refractivity contribution in [2.45, 2.75) is 11.8 Å². The quantitative estimate of drug-likeness (QED) is 0.567. The van der Waals surface area contributed by atoms with Crippen molar-refractivity contribution in [3.05, 3.63) is 67.0 Å². The first-order valence-electron chi connectivity index (χ1n) is 8.47. The number of nitrogens with zero attached hydrogens (tertiary/aromatic N) is 2. The minimum Gasteiger partial charge on any atom is -0.492 e. The highest BCUT2D eigenvalue weighted by atomic mass is 32.2. The molecule has 6 nitrogen and oxygen atoms in total. The Balaban J connectivity index is 1.84. The van der Waals surface area contributed by atoms with Crippen LogP contribution in [0.5, 0.6) is 5.75 Å². The van der Waals surface area contributed by atoms with Crippen LogP contribution >= 0.6 is 0 Å². The van der Waals surface area contributed by atoms with E-state index in [1.165, 1.54) is 6.07 Å². The highest BCUT2D eigenvalue weighted by Gasteiger charge is 2.21. The molecule has 136 valence electrons. The molecule has 0 radical (unpaired) electrons. The molecule has 0 bridgehead atoms. The molecule has 0 aliphatic rings. The third-order valence-electron chi connectivity index (χ3n) is 4.16. The maximum Gasteiger partial charge on any atom is 0.262 e. The second-order valence-corrected chi connectivity index (χ2v) is 7.53. The van der Waals surface area contributed by atoms with Crippen molar-refractivity contribution >= 4 is 37.5 Å². The van der Waals surface area contributed by atoms with Crippen molar-refractivity contribution in [2.24, 2.45) is 0 Å². The maximum atomic E-state index is 13.1. The van der Waals surface area contributed by atoms with Gasteiger partial charge in [-0.3, -0.25) is 14.7 Å². The van der Waals surface area contributed by atoms with Gasteiger partial charge in [-0.2, -0.15) is 0 Å². The third kappa shape index (κ3) is 3.17. The van der Waals surface area contributed by atoms with Gasteiger partial charge in [0.1, 0.15) is 11.3 Å². The predicted molar refractivity (Wildman–Crippen MR) is 105 cm³/mol. The number of rotatable bonds is 5. The lowest BCUT2D eigenvalue weighted by Crippen LogP contribution is -2.14. The minimum atomic E-state index is -3.85. The Labute approximate surface area is 156 Å². The van der Waals surface area contributed by atoms with E-state index in [0.29, 0.717) is 34.5 Å². The predicted octanol–water partition coefficient (Wildman–Crippen LogP) is 3.98. The van der Waals surface area contributed by atoms with Crippen molar-refractivity contribution < 1.29 is 13.2 Å². The number of benzene rings is 2. The molecule has 0 unspecified atom stereocenters. The van der Waals surface area contributed by atoms with Crippen molar-refractivity contribution in [1.82, 2.24) is 9.97 Å². The van der Waals surface area contributed by atoms with Gasteiger partial charge in [0.25, 0.3) is 10.0 Å². The fourth-order valence-electron chi connectivity index (χ4n) is 3.01. The Kier molecular flexibility index (Phi) is 4.37. The number of sulfonamides is 1. The number of para-hydroxylation sites is 1. The molecule has 27 heavy (non-hydrogen) atoms. The molecule has 2 aromatic carbocycles. The summed E-state index contributed by atoms with van der Waals surface area (Å²) in [4.78, 5) is 8.74. The van der Waals surface area contributed by atoms with E-state index >= 15 is 0 Å². The lowest BCUT2D eigenvalue weighted by atomic mass is 10.2. The highest BCUT2D eigenvalue weighted by molar-refractivity contribution is 7.93. The molecule has 0 aliphatic carbocycles. The number of anilines is 1. The van der Waals surface area contributed by atoms with Gasteiger partial charge in [-0.15, -0.1) is 0 Å². The normalized spacial score (nSPS) is 11.6. The molecule has 0 fully saturated rings. The van der Waals surface area contributed by atoms with Crippen LogP contribution in [0.25, 0.3) is 21.8 Å². The second-order valence-electron chi connectivity index (χ2n) is 5.88. The Hall–Kier alpha value is -3.19. The number of ether oxygens (including phenoxy) is 1. The molecule has 1 N–H and O–H groups in total. The Morgan fingerprint density at radius 3 is 2.48 bits per heavy atom. The van der Waals surface area contributed by atoms with E-state index in [4.69, 9.17) is 4.74 Å². The lowest BCUT2D eigenvalue weighted by molar-refractivity contribution is 0.343. The van der Waals surface area contributed by atoms with Crippen molar-refractivity contribution in [2.75, 3.05) is 11.3 Å². The first kappa shape index (κ1) is 17.2. The topological polar surface area (TPSA) is 81.2 Å². The van der Waals surface area contributed by atoms with Crippen LogP contribution in [-0.2, 0) is 10.0 Å². The number of aromatic nitrogens is 2. The van der Waals surface area contributed by atoms with Crippen LogP contribution in [0, 0.1) is 0 Å². The van der Waals surface area contributed by atoms with Gasteiger partial charge in [0.15, 0.2) is 0 Å². The van der Waals surface area contributed by atoms with Gasteiger partial charge in [0.2, 0.25) is 0 Å². The average Bonchev–Trinajstić information content (AvgIpc) is 2.68. The van der Waals surface area contributed by atoms with Gasteiger partial charge in [0, 0.05) is 23.2 Å². The van der Waals surface area contributed by atoms with E-state index in [1.54, 1.807) is 42.7 Å². The van der Waals surface area contributed by atoms with E-state index < -0.39 is 10.0 Å². The van der Waals surface area contributed by atoms with Gasteiger partial charge in [-0.05, 0) is 43.3 Å². The van der Waals surface area contributed by atoms with Crippen LogP contribution in [0.3, 0.4) is 0 Å². The molecule has 0 amide bonds. The average molecular weight is 379 g/mol. The molecule has 0 atom stereocenters. The summed E-state index contributed by atoms with van der Waals surface area (Å²) in [6.45, 7) is 2.34. The first-order chi connectivity index (χ1) is 13.1. The molecule has 0 spiro atoms. The zero-order valence-corrected chi connectivity index (χ0v) is 15.4. The number of hydrogen-bond donors (Lipinski definition) is 1. The molecule has 2 heterocycles. The molecular weight excluding hydrogens is 362 g/mol. The molecule has 0 saturated heterocycles. The van der Waals surface area contributed by atoms with Crippen molar-refractivity contribution in [3.63, 3.8) is 0 Å². The summed E-state index contributed by atoms with van der Waals surface area (Å²) in [5, 5.41) is 1.36. The van der Waals surface area contributed by atoms with E-state index in [0.717, 1.165) is 5.39 Å². The highest BCUT2D eigenvalue weighted by Crippen LogP contribution is 2.31. The minimum absolute atomic E-state index is 0.141. The van der Waals surface area contributed by atoms with Crippen LogP contribution in [0.4, 0.5) is 5.69 Å². The van der Waals surface area contributed by atoms with E-state index in [-0.39, 0.29) is 4.90 Å². The monoisotopic (exact) mass is 379 g/mol. The Morgan fingerprint density at radius 2 is 1.67 bits per heavy atom. The van der Waals surface area contributed by atoms with E-state index in [2.05, 4.69) is 14.7 Å². The molecule has 4 aromatic rings. The molecule has 4 rings (SSSR count). The van der Waals surface area contributed by atoms with Crippen molar-refractivity contribution in [3.8, 4) is 5.75 Å². The van der Waals surface area contributed by atoms with E-state index in [9.17, 15) is 8.42 Å². The van der Waals surface area contributed by atoms with Gasteiger partial charge in [-0.25, -0.2) is 8.42 Å². The second kappa shape index (κ2) is 6.85. The van der Waals surface area contributed by atoms with Crippen LogP contribution in [-0.4, -0.2) is 25.0 Å². The molecule has 7 heteroatoms. The smallest absolute Gasteiger partial charge is 0.262 e. The molecule has 2 aromatic heterocycles. The van der Waals surface area contributed by atoms with Crippen molar-refractivity contribution in [1.29, 1.82) is 0 Å². The lowest BCUT2D eigenvalue weighted by Gasteiger charge is -2.13. The third-order valence-corrected chi connectivity index (χ3v) is 5.58. The Bertz CT molecular complexity index is 1230. The van der Waals surface area contributed by atoms with Crippen LogP contribution in [0.1, 0.15) is 6.92 Å². The summed E-state index contributed by atoms with van der Waals surface area (Å²) in [5.74, 6) is 0.555. The zero-order valence-electron chi connectivity index (χ0n) is 14.6. The summed E-state index contributed by atoms with van der Waals surface area (Å²) in [6.07, 6.45) is 3.25. The van der Waals surface area contributed by atoms with Gasteiger partial charge in [0.05, 0.1) is 22.7 Å². The Morgan fingerprint density at radius 1 is 0.926 bits per heavy atom. The molecular formula is C20H17N3O3S. The number of pyridine rings is 2. The molecule has 0 aliphatic heterocycles. The van der Waals surface area contributed by atoms with Gasteiger partial charge < -0.3 is 4.74 Å². The summed E-state index contributed by atoms with van der Waals surface area (Å²) < 4.78 is 34.5. The van der Waals surface area contributed by atoms with Gasteiger partial charge in [-0.1, -0.05) is 18.2 Å². The summed E-state index contributed by atoms with van der Waals surface area (Å²) >= 11 is 0. The number of hydrogen-bond acceptors (Lipinski definition) is 5. The summed E-state index contributed by atoms with van der Waals surface area (Å²) in [7, 11) is -3.85. The zero-order chi connectivity index (χ0) is 18.9. The first-order valence-corrected chi connectivity index (χ1v) is 9.95. The van der Waals surface area contributed by atoms with Crippen LogP contribution in [0.2, 0.25) is 0 Å². The largest absolute Gasteiger partial charge is 0.492 e. The summed E-state index contributed by atoms with van der Waals surface area (Å²) in [6, 6.07) is 15.7. The maximum absolute atomic E-state index is 13.1. The SMILES string of the molecule is CCOc1ccc(S(=O)(=O)Nc2cccc3cccnc23)c2cccnc12. The van der Waals surface area contributed by atoms with Crippen LogP contribution in [0.15, 0.2) is 71.9 Å². The number of nitrogens with one attached hydrogen (secondary N) is 1. The van der Waals surface area contributed by atoms with E-state index in [1.807, 2.05) is 25.1 Å². The van der Waals surface area contributed by atoms with Crippen LogP contribution < -0.4 is 9.46 Å².